The lowest BCUT2D eigenvalue weighted by Gasteiger charge is -2.19. The summed E-state index contributed by atoms with van der Waals surface area (Å²) in [6.07, 6.45) is 2.52. The second-order valence-electron chi connectivity index (χ2n) is 4.71. The number of nitrogens with zero attached hydrogens (tertiary/aromatic N) is 3. The normalized spacial score (nSPS) is 22.1. The maximum absolute atomic E-state index is 12.1. The topological polar surface area (TPSA) is 56.6 Å². The molecular formula is C13H21N3O3S. The molecule has 0 amide bonds. The van der Waals surface area contributed by atoms with Crippen LogP contribution in [-0.4, -0.2) is 48.0 Å². The summed E-state index contributed by atoms with van der Waals surface area (Å²) in [5.74, 6) is 1.44. The van der Waals surface area contributed by atoms with Gasteiger partial charge in [-0.1, -0.05) is 6.92 Å². The van der Waals surface area contributed by atoms with Crippen LogP contribution in [0.3, 0.4) is 0 Å². The Hall–Kier alpha value is -1.05. The van der Waals surface area contributed by atoms with Crippen LogP contribution in [0.15, 0.2) is 17.1 Å². The van der Waals surface area contributed by atoms with Crippen molar-refractivity contribution >= 4 is 17.6 Å². The first-order valence-corrected chi connectivity index (χ1v) is 7.77. The molecule has 2 heterocycles. The van der Waals surface area contributed by atoms with Gasteiger partial charge in [-0.25, -0.2) is 4.79 Å². The van der Waals surface area contributed by atoms with Gasteiger partial charge in [-0.15, -0.1) is 11.8 Å². The average Bonchev–Trinajstić information content (AvgIpc) is 2.87. The van der Waals surface area contributed by atoms with Crippen LogP contribution in [0.1, 0.15) is 19.6 Å². The fourth-order valence-electron chi connectivity index (χ4n) is 2.10. The molecule has 0 aromatic carbocycles. The van der Waals surface area contributed by atoms with E-state index in [-0.39, 0.29) is 17.4 Å². The summed E-state index contributed by atoms with van der Waals surface area (Å²) in [7, 11) is 3.58. The standard InChI is InChI=1S/C13H21N3O3S/c1-4-6-15(2)10-5-7-16(13(17)14-10)11-9-20-12(19-11)8-18-3/h5,7,11-12H,4,6,8-9H2,1-3H3/t11-,12+/m1/s1. The molecule has 0 N–H and O–H groups in total. The summed E-state index contributed by atoms with van der Waals surface area (Å²) in [5.41, 5.74) is -0.284. The zero-order chi connectivity index (χ0) is 14.5. The fourth-order valence-corrected chi connectivity index (χ4v) is 3.16. The molecule has 112 valence electrons. The molecule has 1 aromatic heterocycles. The third kappa shape index (κ3) is 3.53. The molecule has 0 spiro atoms. The molecule has 0 radical (unpaired) electrons. The summed E-state index contributed by atoms with van der Waals surface area (Å²) >= 11 is 1.65. The van der Waals surface area contributed by atoms with Crippen molar-refractivity contribution < 1.29 is 9.47 Å². The Morgan fingerprint density at radius 3 is 3.10 bits per heavy atom. The Bertz CT molecular complexity index is 494. The fraction of sp³-hybridized carbons (Fsp3) is 0.692. The monoisotopic (exact) mass is 299 g/mol. The molecule has 7 heteroatoms. The Morgan fingerprint density at radius 1 is 1.65 bits per heavy atom. The molecule has 6 nitrogen and oxygen atoms in total. The number of hydrogen-bond donors (Lipinski definition) is 0. The predicted octanol–water partition coefficient (Wildman–Crippen LogP) is 1.32. The van der Waals surface area contributed by atoms with E-state index >= 15 is 0 Å². The van der Waals surface area contributed by atoms with Gasteiger partial charge in [0.1, 0.15) is 17.5 Å². The molecular weight excluding hydrogens is 278 g/mol. The van der Waals surface area contributed by atoms with Crippen LogP contribution < -0.4 is 10.6 Å². The summed E-state index contributed by atoms with van der Waals surface area (Å²) < 4.78 is 12.4. The highest BCUT2D eigenvalue weighted by Gasteiger charge is 2.27. The summed E-state index contributed by atoms with van der Waals surface area (Å²) in [4.78, 5) is 18.2. The van der Waals surface area contributed by atoms with Gasteiger partial charge in [0.05, 0.1) is 6.61 Å². The van der Waals surface area contributed by atoms with E-state index in [0.717, 1.165) is 18.7 Å². The van der Waals surface area contributed by atoms with Crippen molar-refractivity contribution in [1.82, 2.24) is 9.55 Å². The van der Waals surface area contributed by atoms with Crippen molar-refractivity contribution in [3.63, 3.8) is 0 Å². The van der Waals surface area contributed by atoms with Gasteiger partial charge in [0, 0.05) is 32.7 Å². The first-order chi connectivity index (χ1) is 9.65. The maximum Gasteiger partial charge on any atom is 0.351 e. The van der Waals surface area contributed by atoms with Gasteiger partial charge in [0.25, 0.3) is 0 Å². The van der Waals surface area contributed by atoms with Gasteiger partial charge in [-0.05, 0) is 12.5 Å². The molecule has 0 bridgehead atoms. The number of methoxy groups -OCH3 is 1. The summed E-state index contributed by atoms with van der Waals surface area (Å²) in [6, 6.07) is 1.86. The van der Waals surface area contributed by atoms with E-state index < -0.39 is 0 Å². The third-order valence-electron chi connectivity index (χ3n) is 3.11. The van der Waals surface area contributed by atoms with Crippen molar-refractivity contribution in [2.75, 3.05) is 38.0 Å². The molecule has 0 unspecified atom stereocenters. The summed E-state index contributed by atoms with van der Waals surface area (Å²) in [6.45, 7) is 3.50. The molecule has 1 aliphatic heterocycles. The Labute approximate surface area is 123 Å². The van der Waals surface area contributed by atoms with E-state index in [1.54, 1.807) is 29.6 Å². The van der Waals surface area contributed by atoms with Crippen molar-refractivity contribution in [1.29, 1.82) is 0 Å². The largest absolute Gasteiger partial charge is 0.381 e. The molecule has 1 fully saturated rings. The van der Waals surface area contributed by atoms with E-state index in [2.05, 4.69) is 11.9 Å². The van der Waals surface area contributed by atoms with Crippen LogP contribution in [0.25, 0.3) is 0 Å². The van der Waals surface area contributed by atoms with E-state index in [9.17, 15) is 4.79 Å². The van der Waals surface area contributed by atoms with Crippen LogP contribution in [0.5, 0.6) is 0 Å². The quantitative estimate of drug-likeness (QED) is 0.790. The molecule has 2 rings (SSSR count). The van der Waals surface area contributed by atoms with Gasteiger partial charge in [-0.2, -0.15) is 4.98 Å². The third-order valence-corrected chi connectivity index (χ3v) is 4.21. The van der Waals surface area contributed by atoms with Crippen LogP contribution in [0.2, 0.25) is 0 Å². The highest BCUT2D eigenvalue weighted by molar-refractivity contribution is 8.00. The Morgan fingerprint density at radius 2 is 2.45 bits per heavy atom. The number of hydrogen-bond acceptors (Lipinski definition) is 6. The SMILES string of the molecule is CCCN(C)c1ccn([C@H]2CS[C@@H](COC)O2)c(=O)n1. The van der Waals surface area contributed by atoms with Gasteiger partial charge < -0.3 is 14.4 Å². The van der Waals surface area contributed by atoms with Crippen molar-refractivity contribution in [2.45, 2.75) is 25.0 Å². The van der Waals surface area contributed by atoms with Crippen molar-refractivity contribution in [2.24, 2.45) is 0 Å². The molecule has 1 saturated heterocycles. The number of rotatable bonds is 6. The predicted molar refractivity (Wildman–Crippen MR) is 80.3 cm³/mol. The van der Waals surface area contributed by atoms with Gasteiger partial charge in [0.15, 0.2) is 0 Å². The van der Waals surface area contributed by atoms with E-state index in [1.807, 2.05) is 18.0 Å². The van der Waals surface area contributed by atoms with Crippen molar-refractivity contribution in [3.05, 3.63) is 22.7 Å². The smallest absolute Gasteiger partial charge is 0.351 e. The van der Waals surface area contributed by atoms with Crippen LogP contribution in [-0.2, 0) is 9.47 Å². The zero-order valence-corrected chi connectivity index (χ0v) is 12.9. The number of aromatic nitrogens is 2. The number of thioether (sulfide) groups is 1. The van der Waals surface area contributed by atoms with E-state index in [4.69, 9.17) is 9.47 Å². The van der Waals surface area contributed by atoms with Gasteiger partial charge >= 0.3 is 5.69 Å². The van der Waals surface area contributed by atoms with Gasteiger partial charge in [-0.3, -0.25) is 4.57 Å². The number of anilines is 1. The van der Waals surface area contributed by atoms with Crippen molar-refractivity contribution in [3.8, 4) is 0 Å². The molecule has 0 saturated carbocycles. The second-order valence-corrected chi connectivity index (χ2v) is 5.90. The first-order valence-electron chi connectivity index (χ1n) is 6.72. The van der Waals surface area contributed by atoms with Crippen LogP contribution >= 0.6 is 11.8 Å². The molecule has 0 aliphatic carbocycles. The highest BCUT2D eigenvalue weighted by Crippen LogP contribution is 2.30. The van der Waals surface area contributed by atoms with E-state index in [1.165, 1.54) is 0 Å². The number of ether oxygens (including phenoxy) is 2. The Kier molecular flexibility index (Phi) is 5.45. The molecule has 2 atom stereocenters. The zero-order valence-electron chi connectivity index (χ0n) is 12.1. The minimum Gasteiger partial charge on any atom is -0.381 e. The molecule has 1 aliphatic rings. The Balaban J connectivity index is 2.09. The average molecular weight is 299 g/mol. The second kappa shape index (κ2) is 7.10. The van der Waals surface area contributed by atoms with Crippen LogP contribution in [0.4, 0.5) is 5.82 Å². The van der Waals surface area contributed by atoms with E-state index in [0.29, 0.717) is 12.4 Å². The first kappa shape index (κ1) is 15.3. The molecule has 1 aromatic rings. The highest BCUT2D eigenvalue weighted by atomic mass is 32.2. The lowest BCUT2D eigenvalue weighted by Crippen LogP contribution is -2.31. The molecule has 20 heavy (non-hydrogen) atoms. The van der Waals surface area contributed by atoms with Crippen LogP contribution in [0, 0.1) is 0 Å². The minimum atomic E-state index is -0.269. The lowest BCUT2D eigenvalue weighted by molar-refractivity contribution is -0.0152. The van der Waals surface area contributed by atoms with Gasteiger partial charge in [0.2, 0.25) is 0 Å². The maximum atomic E-state index is 12.1. The summed E-state index contributed by atoms with van der Waals surface area (Å²) in [5, 5.41) is 0. The minimum absolute atomic E-state index is 0.0145. The lowest BCUT2D eigenvalue weighted by atomic mass is 10.4.